The number of hydrogen-bond acceptors (Lipinski definition) is 1. The highest BCUT2D eigenvalue weighted by Gasteiger charge is 2.39. The van der Waals surface area contributed by atoms with Gasteiger partial charge in [-0.1, -0.05) is 78.9 Å². The minimum absolute atomic E-state index is 0.0482. The average molecular weight is 331 g/mol. The highest BCUT2D eigenvalue weighted by atomic mass is 32.2. The van der Waals surface area contributed by atoms with Gasteiger partial charge in [-0.15, -0.1) is 0 Å². The number of rotatable bonds is 4. The maximum atomic E-state index is 12.6. The van der Waals surface area contributed by atoms with Crippen LogP contribution in [0.2, 0.25) is 0 Å². The number of Topliss-reactive ketones (excluding diaryl/α,β-unsaturated/α-hetero) is 1. The van der Waals surface area contributed by atoms with Crippen LogP contribution in [0.25, 0.3) is 11.1 Å². The van der Waals surface area contributed by atoms with Gasteiger partial charge in [-0.3, -0.25) is 4.79 Å². The van der Waals surface area contributed by atoms with Crippen molar-refractivity contribution < 1.29 is 4.79 Å². The Morgan fingerprint density at radius 3 is 1.88 bits per heavy atom. The van der Waals surface area contributed by atoms with E-state index in [1.807, 2.05) is 30.3 Å². The van der Waals surface area contributed by atoms with E-state index < -0.39 is 0 Å². The van der Waals surface area contributed by atoms with Gasteiger partial charge < -0.3 is 0 Å². The van der Waals surface area contributed by atoms with Gasteiger partial charge in [0.15, 0.2) is 11.0 Å². The van der Waals surface area contributed by atoms with Crippen LogP contribution in [0.3, 0.4) is 0 Å². The molecular weight excluding hydrogens is 312 g/mol. The van der Waals surface area contributed by atoms with Crippen LogP contribution >= 0.6 is 0 Å². The highest BCUT2D eigenvalue weighted by Crippen LogP contribution is 2.47. The van der Waals surface area contributed by atoms with Crippen molar-refractivity contribution in [2.45, 2.75) is 5.25 Å². The largest absolute Gasteiger partial charge is 0.289 e. The molecule has 1 nitrogen and oxygen atoms in total. The summed E-state index contributed by atoms with van der Waals surface area (Å²) in [5, 5.41) is 0.324. The smallest absolute Gasteiger partial charge is 0.211 e. The summed E-state index contributed by atoms with van der Waals surface area (Å²) in [7, 11) is -0.0482. The molecule has 0 saturated carbocycles. The van der Waals surface area contributed by atoms with E-state index in [0.29, 0.717) is 11.0 Å². The molecule has 4 rings (SSSR count). The molecule has 1 unspecified atom stereocenters. The van der Waals surface area contributed by atoms with Crippen LogP contribution in [0, 0.1) is 0 Å². The molecule has 118 valence electrons. The summed E-state index contributed by atoms with van der Waals surface area (Å²) < 4.78 is 0. The number of benzene rings is 3. The third-order valence-electron chi connectivity index (χ3n) is 4.63. The molecule has 3 aromatic rings. The zero-order valence-electron chi connectivity index (χ0n) is 13.6. The molecule has 1 atom stereocenters. The Kier molecular flexibility index (Phi) is 3.99. The SMILES string of the molecule is C[S+](CC(=O)c1ccccc1)C1c2ccccc2-c2ccccc21. The third-order valence-corrected chi connectivity index (χ3v) is 6.66. The fraction of sp³-hybridized carbons (Fsp3) is 0.136. The fourth-order valence-corrected chi connectivity index (χ4v) is 5.57. The van der Waals surface area contributed by atoms with Crippen LogP contribution < -0.4 is 0 Å². The molecule has 0 fully saturated rings. The molecule has 0 spiro atoms. The molecule has 1 aliphatic carbocycles. The quantitative estimate of drug-likeness (QED) is 0.491. The maximum absolute atomic E-state index is 12.6. The lowest BCUT2D eigenvalue weighted by atomic mass is 10.1. The van der Waals surface area contributed by atoms with E-state index in [9.17, 15) is 4.79 Å². The predicted molar refractivity (Wildman–Crippen MR) is 103 cm³/mol. The van der Waals surface area contributed by atoms with Gasteiger partial charge >= 0.3 is 0 Å². The highest BCUT2D eigenvalue weighted by molar-refractivity contribution is 7.97. The van der Waals surface area contributed by atoms with Crippen molar-refractivity contribution in [1.29, 1.82) is 0 Å². The Morgan fingerprint density at radius 1 is 0.792 bits per heavy atom. The molecule has 3 aromatic carbocycles. The van der Waals surface area contributed by atoms with Crippen molar-refractivity contribution in [3.63, 3.8) is 0 Å². The fourth-order valence-electron chi connectivity index (χ4n) is 3.54. The summed E-state index contributed by atoms with van der Waals surface area (Å²) in [6.07, 6.45) is 2.23. The molecule has 2 heteroatoms. The first kappa shape index (κ1) is 15.2. The van der Waals surface area contributed by atoms with Crippen LogP contribution in [0.4, 0.5) is 0 Å². The molecular formula is C22H19OS+. The van der Waals surface area contributed by atoms with E-state index in [4.69, 9.17) is 0 Å². The molecule has 0 saturated heterocycles. The topological polar surface area (TPSA) is 17.1 Å². The zero-order valence-corrected chi connectivity index (χ0v) is 14.4. The molecule has 0 heterocycles. The van der Waals surface area contributed by atoms with Gasteiger partial charge in [-0.2, -0.15) is 0 Å². The molecule has 0 aromatic heterocycles. The van der Waals surface area contributed by atoms with Crippen molar-refractivity contribution in [3.05, 3.63) is 95.6 Å². The first-order valence-electron chi connectivity index (χ1n) is 8.13. The third kappa shape index (κ3) is 2.57. The number of hydrogen-bond donors (Lipinski definition) is 0. The van der Waals surface area contributed by atoms with Crippen LogP contribution in [0.5, 0.6) is 0 Å². The molecule has 24 heavy (non-hydrogen) atoms. The Balaban J connectivity index is 1.67. The van der Waals surface area contributed by atoms with Crippen LogP contribution in [0.1, 0.15) is 26.7 Å². The Labute approximate surface area is 145 Å². The molecule has 0 N–H and O–H groups in total. The second-order valence-electron chi connectivity index (χ2n) is 6.18. The molecule has 0 radical (unpaired) electrons. The van der Waals surface area contributed by atoms with E-state index >= 15 is 0 Å². The van der Waals surface area contributed by atoms with Gasteiger partial charge in [0, 0.05) is 27.6 Å². The van der Waals surface area contributed by atoms with Crippen molar-refractivity contribution in [2.24, 2.45) is 0 Å². The van der Waals surface area contributed by atoms with Gasteiger partial charge in [0.05, 0.1) is 6.26 Å². The minimum atomic E-state index is -0.0482. The van der Waals surface area contributed by atoms with Crippen LogP contribution in [-0.4, -0.2) is 17.8 Å². The van der Waals surface area contributed by atoms with E-state index in [-0.39, 0.29) is 16.7 Å². The van der Waals surface area contributed by atoms with E-state index in [2.05, 4.69) is 54.8 Å². The lowest BCUT2D eigenvalue weighted by Crippen LogP contribution is -2.21. The summed E-state index contributed by atoms with van der Waals surface area (Å²) in [5.74, 6) is 0.834. The second-order valence-corrected chi connectivity index (χ2v) is 8.32. The normalized spacial score (nSPS) is 14.0. The first-order chi connectivity index (χ1) is 11.8. The number of carbonyl (C=O) groups is 1. The molecule has 0 aliphatic heterocycles. The van der Waals surface area contributed by atoms with E-state index in [1.165, 1.54) is 22.3 Å². The van der Waals surface area contributed by atoms with Gasteiger partial charge in [0.25, 0.3) is 0 Å². The van der Waals surface area contributed by atoms with Crippen LogP contribution in [-0.2, 0) is 10.9 Å². The number of carbonyl (C=O) groups excluding carboxylic acids is 1. The first-order valence-corrected chi connectivity index (χ1v) is 10.00. The zero-order chi connectivity index (χ0) is 16.5. The van der Waals surface area contributed by atoms with Crippen molar-refractivity contribution in [1.82, 2.24) is 0 Å². The van der Waals surface area contributed by atoms with Gasteiger partial charge in [-0.05, 0) is 11.1 Å². The second kappa shape index (κ2) is 6.29. The van der Waals surface area contributed by atoms with E-state index in [1.54, 1.807) is 0 Å². The standard InChI is InChI=1S/C22H19OS/c1-24(15-21(23)16-9-3-2-4-10-16)22-19-13-7-5-11-17(19)18-12-6-8-14-20(18)22/h2-14,22H,15H2,1H3/q+1. The van der Waals surface area contributed by atoms with Crippen molar-refractivity contribution in [2.75, 3.05) is 12.0 Å². The lowest BCUT2D eigenvalue weighted by molar-refractivity contribution is 0.102. The summed E-state index contributed by atoms with van der Waals surface area (Å²) in [6.45, 7) is 0. The summed E-state index contributed by atoms with van der Waals surface area (Å²) in [5.41, 5.74) is 6.20. The van der Waals surface area contributed by atoms with Crippen LogP contribution in [0.15, 0.2) is 78.9 Å². The molecule has 0 bridgehead atoms. The van der Waals surface area contributed by atoms with Crippen molar-refractivity contribution >= 4 is 16.7 Å². The summed E-state index contributed by atoms with van der Waals surface area (Å²) in [4.78, 5) is 12.6. The Bertz CT molecular complexity index is 840. The summed E-state index contributed by atoms with van der Waals surface area (Å²) in [6, 6.07) is 26.9. The van der Waals surface area contributed by atoms with Gasteiger partial charge in [-0.25, -0.2) is 0 Å². The summed E-state index contributed by atoms with van der Waals surface area (Å²) >= 11 is 0. The van der Waals surface area contributed by atoms with Gasteiger partial charge in [0.1, 0.15) is 0 Å². The van der Waals surface area contributed by atoms with Gasteiger partial charge in [0.2, 0.25) is 5.78 Å². The average Bonchev–Trinajstić information content (AvgIpc) is 2.97. The molecule has 0 amide bonds. The Hall–Kier alpha value is -2.32. The maximum Gasteiger partial charge on any atom is 0.211 e. The monoisotopic (exact) mass is 331 g/mol. The lowest BCUT2D eigenvalue weighted by Gasteiger charge is -2.13. The number of ketones is 1. The molecule has 1 aliphatic rings. The Morgan fingerprint density at radius 2 is 1.29 bits per heavy atom. The van der Waals surface area contributed by atoms with Crippen molar-refractivity contribution in [3.8, 4) is 11.1 Å². The predicted octanol–water partition coefficient (Wildman–Crippen LogP) is 4.89. The number of fused-ring (bicyclic) bond motifs is 3. The minimum Gasteiger partial charge on any atom is -0.289 e. The van der Waals surface area contributed by atoms with E-state index in [0.717, 1.165) is 5.56 Å².